The number of nitrogens with one attached hydrogen (secondary N) is 1. The first-order valence-electron chi connectivity index (χ1n) is 3.76. The van der Waals surface area contributed by atoms with E-state index in [1.807, 2.05) is 0 Å². The van der Waals surface area contributed by atoms with Crippen LogP contribution in [0.4, 0.5) is 0 Å². The summed E-state index contributed by atoms with van der Waals surface area (Å²) in [6.07, 6.45) is 2.66. The van der Waals surface area contributed by atoms with Gasteiger partial charge in [-0.3, -0.25) is 0 Å². The number of rotatable bonds is 1. The predicted octanol–water partition coefficient (Wildman–Crippen LogP) is -0.0233. The van der Waals surface area contributed by atoms with E-state index in [9.17, 15) is 5.11 Å². The quantitative estimate of drug-likeness (QED) is 0.518. The molecule has 2 unspecified atom stereocenters. The Balaban J connectivity index is 1.93. The Morgan fingerprint density at radius 3 is 2.44 bits per heavy atom. The van der Waals surface area contributed by atoms with E-state index >= 15 is 0 Å². The monoisotopic (exact) mass is 127 g/mol. The van der Waals surface area contributed by atoms with Crippen molar-refractivity contribution in [3.05, 3.63) is 0 Å². The summed E-state index contributed by atoms with van der Waals surface area (Å²) >= 11 is 0. The molecule has 0 amide bonds. The minimum absolute atomic E-state index is 0.0440. The molecule has 52 valence electrons. The Bertz CT molecular complexity index is 111. The largest absolute Gasteiger partial charge is 0.391 e. The third kappa shape index (κ3) is 0.970. The molecular weight excluding hydrogens is 114 g/mol. The second-order valence-electron chi connectivity index (χ2n) is 3.23. The summed E-state index contributed by atoms with van der Waals surface area (Å²) in [6.45, 7) is 1.87. The first-order valence-corrected chi connectivity index (χ1v) is 3.76. The van der Waals surface area contributed by atoms with E-state index in [4.69, 9.17) is 0 Å². The van der Waals surface area contributed by atoms with Crippen molar-refractivity contribution in [2.45, 2.75) is 18.9 Å². The van der Waals surface area contributed by atoms with Gasteiger partial charge in [-0.2, -0.15) is 0 Å². The van der Waals surface area contributed by atoms with Gasteiger partial charge in [-0.05, 0) is 18.8 Å². The summed E-state index contributed by atoms with van der Waals surface area (Å²) in [6, 6.07) is 0. The van der Waals surface area contributed by atoms with Crippen molar-refractivity contribution in [1.29, 1.82) is 0 Å². The number of aliphatic hydroxyl groups is 1. The van der Waals surface area contributed by atoms with Gasteiger partial charge in [-0.1, -0.05) is 0 Å². The van der Waals surface area contributed by atoms with Crippen LogP contribution in [0.15, 0.2) is 0 Å². The number of β-amino-alcohol motifs (C(OH)–C–C–N with tert-alkyl or cyclic N) is 1. The lowest BCUT2D eigenvalue weighted by atomic mass is 10.0. The lowest BCUT2D eigenvalue weighted by Gasteiger charge is -2.09. The van der Waals surface area contributed by atoms with Crippen LogP contribution in [0.5, 0.6) is 0 Å². The van der Waals surface area contributed by atoms with Crippen LogP contribution in [0.3, 0.4) is 0 Å². The third-order valence-corrected chi connectivity index (χ3v) is 2.46. The SMILES string of the molecule is OC1CNCC1C1CC1. The Kier molecular flexibility index (Phi) is 1.24. The minimum atomic E-state index is -0.0440. The highest BCUT2D eigenvalue weighted by atomic mass is 16.3. The second kappa shape index (κ2) is 1.96. The molecule has 1 heterocycles. The molecule has 2 nitrogen and oxygen atoms in total. The maximum Gasteiger partial charge on any atom is 0.0707 e. The number of hydrogen-bond acceptors (Lipinski definition) is 2. The molecule has 1 saturated carbocycles. The first-order chi connectivity index (χ1) is 4.38. The molecule has 1 saturated heterocycles. The van der Waals surface area contributed by atoms with Gasteiger partial charge >= 0.3 is 0 Å². The normalized spacial score (nSPS) is 43.7. The van der Waals surface area contributed by atoms with Gasteiger partial charge in [0.25, 0.3) is 0 Å². The van der Waals surface area contributed by atoms with Crippen LogP contribution in [0, 0.1) is 11.8 Å². The smallest absolute Gasteiger partial charge is 0.0707 e. The van der Waals surface area contributed by atoms with Gasteiger partial charge in [0.05, 0.1) is 6.10 Å². The fourth-order valence-corrected chi connectivity index (χ4v) is 1.69. The molecule has 0 aromatic rings. The zero-order valence-electron chi connectivity index (χ0n) is 5.51. The van der Waals surface area contributed by atoms with Gasteiger partial charge in [0, 0.05) is 19.0 Å². The maximum absolute atomic E-state index is 9.34. The zero-order valence-corrected chi connectivity index (χ0v) is 5.51. The van der Waals surface area contributed by atoms with Gasteiger partial charge < -0.3 is 10.4 Å². The molecule has 1 aliphatic heterocycles. The van der Waals surface area contributed by atoms with E-state index in [0.29, 0.717) is 5.92 Å². The standard InChI is InChI=1S/C7H13NO/c9-7-4-8-3-6(7)5-1-2-5/h5-9H,1-4H2. The van der Waals surface area contributed by atoms with Crippen molar-refractivity contribution in [2.75, 3.05) is 13.1 Å². The average Bonchev–Trinajstić information content (AvgIpc) is 2.58. The van der Waals surface area contributed by atoms with E-state index in [1.54, 1.807) is 0 Å². The fourth-order valence-electron chi connectivity index (χ4n) is 1.69. The molecule has 9 heavy (non-hydrogen) atoms. The van der Waals surface area contributed by atoms with Crippen LogP contribution in [0.25, 0.3) is 0 Å². The van der Waals surface area contributed by atoms with Crippen molar-refractivity contribution in [3.8, 4) is 0 Å². The fraction of sp³-hybridized carbons (Fsp3) is 1.00. The van der Waals surface area contributed by atoms with Gasteiger partial charge in [-0.15, -0.1) is 0 Å². The van der Waals surface area contributed by atoms with Crippen molar-refractivity contribution in [1.82, 2.24) is 5.32 Å². The van der Waals surface area contributed by atoms with Crippen LogP contribution in [0.1, 0.15) is 12.8 Å². The van der Waals surface area contributed by atoms with Crippen LogP contribution in [-0.2, 0) is 0 Å². The summed E-state index contributed by atoms with van der Waals surface area (Å²) in [4.78, 5) is 0. The van der Waals surface area contributed by atoms with Crippen LogP contribution in [0.2, 0.25) is 0 Å². The van der Waals surface area contributed by atoms with E-state index in [0.717, 1.165) is 19.0 Å². The molecule has 0 spiro atoms. The summed E-state index contributed by atoms with van der Waals surface area (Å²) < 4.78 is 0. The summed E-state index contributed by atoms with van der Waals surface area (Å²) in [5, 5.41) is 12.5. The Labute approximate surface area is 55.3 Å². The number of aliphatic hydroxyl groups excluding tert-OH is 1. The highest BCUT2D eigenvalue weighted by Crippen LogP contribution is 2.39. The second-order valence-corrected chi connectivity index (χ2v) is 3.23. The van der Waals surface area contributed by atoms with Gasteiger partial charge in [-0.25, -0.2) is 0 Å². The molecule has 0 bridgehead atoms. The van der Waals surface area contributed by atoms with E-state index in [1.165, 1.54) is 12.8 Å². The molecule has 0 aromatic heterocycles. The van der Waals surface area contributed by atoms with Crippen LogP contribution < -0.4 is 5.32 Å². The lowest BCUT2D eigenvalue weighted by Crippen LogP contribution is -2.19. The summed E-state index contributed by atoms with van der Waals surface area (Å²) in [5.74, 6) is 1.44. The molecule has 0 radical (unpaired) electrons. The molecular formula is C7H13NO. The topological polar surface area (TPSA) is 32.3 Å². The van der Waals surface area contributed by atoms with Crippen molar-refractivity contribution < 1.29 is 5.11 Å². The first kappa shape index (κ1) is 5.69. The Hall–Kier alpha value is -0.0800. The predicted molar refractivity (Wildman–Crippen MR) is 35.1 cm³/mol. The summed E-state index contributed by atoms with van der Waals surface area (Å²) in [7, 11) is 0. The zero-order chi connectivity index (χ0) is 6.27. The molecule has 2 N–H and O–H groups in total. The Morgan fingerprint density at radius 2 is 2.00 bits per heavy atom. The van der Waals surface area contributed by atoms with E-state index < -0.39 is 0 Å². The van der Waals surface area contributed by atoms with Crippen molar-refractivity contribution in [2.24, 2.45) is 11.8 Å². The molecule has 2 fully saturated rings. The molecule has 2 heteroatoms. The highest BCUT2D eigenvalue weighted by molar-refractivity contribution is 4.91. The van der Waals surface area contributed by atoms with E-state index in [-0.39, 0.29) is 6.10 Å². The average molecular weight is 127 g/mol. The van der Waals surface area contributed by atoms with Gasteiger partial charge in [0.1, 0.15) is 0 Å². The highest BCUT2D eigenvalue weighted by Gasteiger charge is 2.38. The van der Waals surface area contributed by atoms with Crippen LogP contribution in [-0.4, -0.2) is 24.3 Å². The third-order valence-electron chi connectivity index (χ3n) is 2.46. The molecule has 0 aromatic carbocycles. The van der Waals surface area contributed by atoms with Crippen LogP contribution >= 0.6 is 0 Å². The molecule has 2 rings (SSSR count). The van der Waals surface area contributed by atoms with E-state index in [2.05, 4.69) is 5.32 Å². The van der Waals surface area contributed by atoms with Gasteiger partial charge in [0.15, 0.2) is 0 Å². The lowest BCUT2D eigenvalue weighted by molar-refractivity contribution is 0.136. The molecule has 2 atom stereocenters. The van der Waals surface area contributed by atoms with Crippen molar-refractivity contribution in [3.63, 3.8) is 0 Å². The number of hydrogen-bond donors (Lipinski definition) is 2. The van der Waals surface area contributed by atoms with Crippen molar-refractivity contribution >= 4 is 0 Å². The Morgan fingerprint density at radius 1 is 1.22 bits per heavy atom. The van der Waals surface area contributed by atoms with Gasteiger partial charge in [0.2, 0.25) is 0 Å². The molecule has 2 aliphatic rings. The minimum Gasteiger partial charge on any atom is -0.391 e. The summed E-state index contributed by atoms with van der Waals surface area (Å²) in [5.41, 5.74) is 0. The maximum atomic E-state index is 9.34. The molecule has 1 aliphatic carbocycles.